The van der Waals surface area contributed by atoms with Gasteiger partial charge in [0.1, 0.15) is 11.5 Å². The molecule has 0 saturated heterocycles. The van der Waals surface area contributed by atoms with Crippen molar-refractivity contribution in [1.82, 2.24) is 5.32 Å². The SMILES string of the molecule is CCOc1cc(OCC)cc(C(=O)NCCC(=O)c2ccc3c(c2)CCN3C=O)c1. The number of fused-ring (bicyclic) bond motifs is 1. The number of ether oxygens (including phenoxy) is 2. The van der Waals surface area contributed by atoms with Gasteiger partial charge in [0.15, 0.2) is 5.78 Å². The molecule has 0 fully saturated rings. The van der Waals surface area contributed by atoms with Crippen LogP contribution >= 0.6 is 0 Å². The molecule has 3 rings (SSSR count). The first-order valence-electron chi connectivity index (χ1n) is 10.1. The van der Waals surface area contributed by atoms with Gasteiger partial charge in [-0.3, -0.25) is 14.4 Å². The van der Waals surface area contributed by atoms with Crippen LogP contribution in [0, 0.1) is 0 Å². The van der Waals surface area contributed by atoms with Crippen molar-refractivity contribution >= 4 is 23.8 Å². The van der Waals surface area contributed by atoms with E-state index in [1.165, 1.54) is 0 Å². The standard InChI is InChI=1S/C23H26N2O5/c1-3-29-19-12-18(13-20(14-19)30-4-2)23(28)24-9-7-22(27)17-5-6-21-16(11-17)8-10-25(21)15-26/h5-6,11-15H,3-4,7-10H2,1-2H3,(H,24,28). The Labute approximate surface area is 176 Å². The average molecular weight is 410 g/mol. The molecule has 2 aromatic carbocycles. The Bertz CT molecular complexity index is 917. The largest absolute Gasteiger partial charge is 0.494 e. The van der Waals surface area contributed by atoms with Gasteiger partial charge in [0.2, 0.25) is 6.41 Å². The van der Waals surface area contributed by atoms with Crippen LogP contribution in [-0.2, 0) is 11.2 Å². The van der Waals surface area contributed by atoms with Gasteiger partial charge in [-0.05, 0) is 56.2 Å². The van der Waals surface area contributed by atoms with E-state index in [0.717, 1.165) is 24.1 Å². The van der Waals surface area contributed by atoms with E-state index in [1.54, 1.807) is 35.2 Å². The van der Waals surface area contributed by atoms with Crippen molar-refractivity contribution in [3.63, 3.8) is 0 Å². The summed E-state index contributed by atoms with van der Waals surface area (Å²) in [5.74, 6) is 0.779. The summed E-state index contributed by atoms with van der Waals surface area (Å²) >= 11 is 0. The Kier molecular flexibility index (Phi) is 7.06. The van der Waals surface area contributed by atoms with Gasteiger partial charge in [-0.25, -0.2) is 0 Å². The van der Waals surface area contributed by atoms with Gasteiger partial charge in [-0.15, -0.1) is 0 Å². The van der Waals surface area contributed by atoms with Crippen LogP contribution in [0.4, 0.5) is 5.69 Å². The first kappa shape index (κ1) is 21.4. The highest BCUT2D eigenvalue weighted by Gasteiger charge is 2.20. The minimum atomic E-state index is -0.291. The number of hydrogen-bond acceptors (Lipinski definition) is 5. The van der Waals surface area contributed by atoms with Gasteiger partial charge in [0, 0.05) is 42.4 Å². The second-order valence-electron chi connectivity index (χ2n) is 6.88. The molecule has 7 nitrogen and oxygen atoms in total. The fourth-order valence-corrected chi connectivity index (χ4v) is 3.45. The summed E-state index contributed by atoms with van der Waals surface area (Å²) in [5, 5.41) is 2.78. The minimum Gasteiger partial charge on any atom is -0.494 e. The molecular weight excluding hydrogens is 384 g/mol. The Morgan fingerprint density at radius 3 is 2.37 bits per heavy atom. The van der Waals surface area contributed by atoms with Gasteiger partial charge in [-0.2, -0.15) is 0 Å². The first-order chi connectivity index (χ1) is 14.5. The number of nitrogens with one attached hydrogen (secondary N) is 1. The topological polar surface area (TPSA) is 84.9 Å². The van der Waals surface area contributed by atoms with E-state index in [-0.39, 0.29) is 24.7 Å². The number of amides is 2. The maximum atomic E-state index is 12.5. The van der Waals surface area contributed by atoms with Crippen molar-refractivity contribution < 1.29 is 23.9 Å². The number of carbonyl (C=O) groups excluding carboxylic acids is 3. The summed E-state index contributed by atoms with van der Waals surface area (Å²) in [7, 11) is 0. The van der Waals surface area contributed by atoms with Crippen molar-refractivity contribution in [1.29, 1.82) is 0 Å². The number of Topliss-reactive ketones (excluding diaryl/α,β-unsaturated/α-hetero) is 1. The predicted molar refractivity (Wildman–Crippen MR) is 114 cm³/mol. The number of rotatable bonds is 10. The molecule has 0 unspecified atom stereocenters. The second-order valence-corrected chi connectivity index (χ2v) is 6.88. The van der Waals surface area contributed by atoms with Gasteiger partial charge in [-0.1, -0.05) is 0 Å². The second kappa shape index (κ2) is 9.91. The number of ketones is 1. The van der Waals surface area contributed by atoms with E-state index in [4.69, 9.17) is 9.47 Å². The highest BCUT2D eigenvalue weighted by Crippen LogP contribution is 2.28. The fraction of sp³-hybridized carbons (Fsp3) is 0.348. The molecule has 0 spiro atoms. The summed E-state index contributed by atoms with van der Waals surface area (Å²) in [6.07, 6.45) is 1.73. The summed E-state index contributed by atoms with van der Waals surface area (Å²) in [6.45, 7) is 5.56. The monoisotopic (exact) mass is 410 g/mol. The Hall–Kier alpha value is -3.35. The maximum absolute atomic E-state index is 12.5. The lowest BCUT2D eigenvalue weighted by Gasteiger charge is -2.11. The zero-order valence-corrected chi connectivity index (χ0v) is 17.3. The van der Waals surface area contributed by atoms with E-state index in [0.29, 0.717) is 42.4 Å². The summed E-state index contributed by atoms with van der Waals surface area (Å²) in [5.41, 5.74) is 2.86. The van der Waals surface area contributed by atoms with Crippen molar-refractivity contribution in [2.45, 2.75) is 26.7 Å². The Morgan fingerprint density at radius 2 is 1.73 bits per heavy atom. The summed E-state index contributed by atoms with van der Waals surface area (Å²) in [6, 6.07) is 10.4. The maximum Gasteiger partial charge on any atom is 0.251 e. The zero-order valence-electron chi connectivity index (χ0n) is 17.3. The van der Waals surface area contributed by atoms with Crippen LogP contribution in [0.1, 0.15) is 46.5 Å². The van der Waals surface area contributed by atoms with E-state index in [1.807, 2.05) is 19.9 Å². The van der Waals surface area contributed by atoms with E-state index < -0.39 is 0 Å². The molecule has 0 saturated carbocycles. The van der Waals surface area contributed by atoms with Crippen LogP contribution in [0.2, 0.25) is 0 Å². The van der Waals surface area contributed by atoms with Crippen LogP contribution in [0.5, 0.6) is 11.5 Å². The molecule has 1 aliphatic heterocycles. The van der Waals surface area contributed by atoms with Crippen molar-refractivity contribution in [2.24, 2.45) is 0 Å². The number of carbonyl (C=O) groups is 3. The molecule has 2 aromatic rings. The van der Waals surface area contributed by atoms with Crippen LogP contribution < -0.4 is 19.7 Å². The molecule has 0 bridgehead atoms. The molecule has 1 aliphatic rings. The van der Waals surface area contributed by atoms with Crippen molar-refractivity contribution in [3.8, 4) is 11.5 Å². The third kappa shape index (κ3) is 4.97. The lowest BCUT2D eigenvalue weighted by Crippen LogP contribution is -2.26. The molecule has 0 aliphatic carbocycles. The normalized spacial score (nSPS) is 12.3. The molecule has 0 atom stereocenters. The van der Waals surface area contributed by atoms with Gasteiger partial charge in [0.25, 0.3) is 5.91 Å². The molecular formula is C23H26N2O5. The first-order valence-corrected chi connectivity index (χ1v) is 10.1. The van der Waals surface area contributed by atoms with Gasteiger partial charge in [0.05, 0.1) is 13.2 Å². The number of hydrogen-bond donors (Lipinski definition) is 1. The van der Waals surface area contributed by atoms with E-state index in [9.17, 15) is 14.4 Å². The van der Waals surface area contributed by atoms with Crippen LogP contribution in [0.25, 0.3) is 0 Å². The zero-order chi connectivity index (χ0) is 21.5. The smallest absolute Gasteiger partial charge is 0.251 e. The molecule has 1 N–H and O–H groups in total. The van der Waals surface area contributed by atoms with Crippen LogP contribution in [-0.4, -0.2) is 44.4 Å². The summed E-state index contributed by atoms with van der Waals surface area (Å²) < 4.78 is 11.0. The number of anilines is 1. The average Bonchev–Trinajstić information content (AvgIpc) is 3.16. The third-order valence-corrected chi connectivity index (χ3v) is 4.86. The van der Waals surface area contributed by atoms with E-state index >= 15 is 0 Å². The van der Waals surface area contributed by atoms with E-state index in [2.05, 4.69) is 5.32 Å². The van der Waals surface area contributed by atoms with Crippen LogP contribution in [0.15, 0.2) is 36.4 Å². The molecule has 30 heavy (non-hydrogen) atoms. The highest BCUT2D eigenvalue weighted by molar-refractivity contribution is 5.98. The molecule has 0 radical (unpaired) electrons. The lowest BCUT2D eigenvalue weighted by atomic mass is 10.0. The molecule has 158 valence electrons. The molecule has 1 heterocycles. The van der Waals surface area contributed by atoms with Gasteiger partial charge >= 0.3 is 0 Å². The fourth-order valence-electron chi connectivity index (χ4n) is 3.45. The third-order valence-electron chi connectivity index (χ3n) is 4.86. The summed E-state index contributed by atoms with van der Waals surface area (Å²) in [4.78, 5) is 37.7. The molecule has 2 amide bonds. The van der Waals surface area contributed by atoms with Crippen molar-refractivity contribution in [2.75, 3.05) is 31.2 Å². The minimum absolute atomic E-state index is 0.0549. The Morgan fingerprint density at radius 1 is 1.03 bits per heavy atom. The predicted octanol–water partition coefficient (Wildman–Crippen LogP) is 3.01. The number of benzene rings is 2. The molecule has 7 heteroatoms. The quantitative estimate of drug-likeness (QED) is 0.481. The van der Waals surface area contributed by atoms with Crippen molar-refractivity contribution in [3.05, 3.63) is 53.1 Å². The van der Waals surface area contributed by atoms with Crippen LogP contribution in [0.3, 0.4) is 0 Å². The van der Waals surface area contributed by atoms with Gasteiger partial charge < -0.3 is 19.7 Å². The Balaban J connectivity index is 1.59. The highest BCUT2D eigenvalue weighted by atomic mass is 16.5. The molecule has 0 aromatic heterocycles. The lowest BCUT2D eigenvalue weighted by molar-refractivity contribution is -0.107. The number of nitrogens with zero attached hydrogens (tertiary/aromatic N) is 1.